The van der Waals surface area contributed by atoms with Crippen LogP contribution in [0.4, 0.5) is 11.4 Å². The van der Waals surface area contributed by atoms with Crippen molar-refractivity contribution in [2.45, 2.75) is 26.8 Å². The highest BCUT2D eigenvalue weighted by Crippen LogP contribution is 2.31. The van der Waals surface area contributed by atoms with Crippen LogP contribution in [0.15, 0.2) is 46.9 Å². The first kappa shape index (κ1) is 16.1. The van der Waals surface area contributed by atoms with Gasteiger partial charge in [-0.1, -0.05) is 46.6 Å². The van der Waals surface area contributed by atoms with Crippen LogP contribution in [0.25, 0.3) is 0 Å². The molecule has 0 fully saturated rings. The van der Waals surface area contributed by atoms with Crippen molar-refractivity contribution in [1.82, 2.24) is 5.32 Å². The number of hydrogen-bond acceptors (Lipinski definition) is 2. The van der Waals surface area contributed by atoms with E-state index in [4.69, 9.17) is 0 Å². The lowest BCUT2D eigenvalue weighted by Gasteiger charge is -2.22. The molecule has 3 heteroatoms. The minimum absolute atomic E-state index is 0.350. The predicted octanol–water partition coefficient (Wildman–Crippen LogP) is 5.20. The number of benzene rings is 2. The van der Waals surface area contributed by atoms with Gasteiger partial charge in [0.1, 0.15) is 0 Å². The summed E-state index contributed by atoms with van der Waals surface area (Å²) >= 11 is 3.70. The summed E-state index contributed by atoms with van der Waals surface area (Å²) in [7, 11) is 2.10. The zero-order chi connectivity index (χ0) is 15.4. The van der Waals surface area contributed by atoms with Gasteiger partial charge in [0, 0.05) is 28.9 Å². The zero-order valence-corrected chi connectivity index (χ0v) is 14.7. The Bertz CT molecular complexity index is 593. The van der Waals surface area contributed by atoms with E-state index in [9.17, 15) is 0 Å². The Hall–Kier alpha value is -1.32. The molecular weight excluding hydrogens is 324 g/mol. The van der Waals surface area contributed by atoms with E-state index >= 15 is 0 Å². The number of nitrogens with one attached hydrogen (secondary N) is 1. The summed E-state index contributed by atoms with van der Waals surface area (Å²) in [6.45, 7) is 7.40. The molecular formula is C18H23BrN2. The molecule has 0 radical (unpaired) electrons. The van der Waals surface area contributed by atoms with Crippen LogP contribution in [0.5, 0.6) is 0 Å². The van der Waals surface area contributed by atoms with Gasteiger partial charge in [-0.05, 0) is 50.2 Å². The van der Waals surface area contributed by atoms with Crippen molar-refractivity contribution in [3.05, 3.63) is 58.1 Å². The molecule has 0 aromatic heterocycles. The van der Waals surface area contributed by atoms with Crippen molar-refractivity contribution in [2.75, 3.05) is 18.5 Å². The summed E-state index contributed by atoms with van der Waals surface area (Å²) in [6.07, 6.45) is 0. The van der Waals surface area contributed by atoms with E-state index in [0.717, 1.165) is 11.0 Å². The minimum atomic E-state index is 0.350. The molecule has 21 heavy (non-hydrogen) atoms. The van der Waals surface area contributed by atoms with Gasteiger partial charge in [0.2, 0.25) is 0 Å². The molecule has 1 atom stereocenters. The molecule has 0 amide bonds. The molecule has 2 rings (SSSR count). The Kier molecular flexibility index (Phi) is 5.43. The molecule has 0 saturated heterocycles. The van der Waals surface area contributed by atoms with Crippen LogP contribution in [0.1, 0.15) is 31.0 Å². The Balaban J connectivity index is 2.25. The Morgan fingerprint density at radius 1 is 1.10 bits per heavy atom. The highest BCUT2D eigenvalue weighted by atomic mass is 79.9. The molecule has 1 unspecified atom stereocenters. The van der Waals surface area contributed by atoms with Gasteiger partial charge in [-0.2, -0.15) is 0 Å². The zero-order valence-electron chi connectivity index (χ0n) is 13.2. The maximum atomic E-state index is 3.70. The van der Waals surface area contributed by atoms with Gasteiger partial charge >= 0.3 is 0 Å². The fourth-order valence-electron chi connectivity index (χ4n) is 2.41. The molecule has 0 spiro atoms. The molecule has 0 heterocycles. The molecule has 0 saturated carbocycles. The fourth-order valence-corrected chi connectivity index (χ4v) is 3.12. The third-order valence-electron chi connectivity index (χ3n) is 3.77. The molecule has 112 valence electrons. The number of aryl methyl sites for hydroxylation is 1. The van der Waals surface area contributed by atoms with Crippen LogP contribution in [0.3, 0.4) is 0 Å². The lowest BCUT2D eigenvalue weighted by Crippen LogP contribution is -2.18. The average Bonchev–Trinajstić information content (AvgIpc) is 2.47. The highest BCUT2D eigenvalue weighted by Gasteiger charge is 2.11. The lowest BCUT2D eigenvalue weighted by atomic mass is 10.1. The molecule has 0 aliphatic carbocycles. The maximum absolute atomic E-state index is 3.70. The fraction of sp³-hybridized carbons (Fsp3) is 0.333. The number of halogens is 1. The van der Waals surface area contributed by atoms with Gasteiger partial charge in [0.05, 0.1) is 0 Å². The second kappa shape index (κ2) is 7.10. The van der Waals surface area contributed by atoms with Crippen molar-refractivity contribution in [1.29, 1.82) is 0 Å². The van der Waals surface area contributed by atoms with E-state index in [1.165, 1.54) is 22.5 Å². The largest absolute Gasteiger partial charge is 0.345 e. The van der Waals surface area contributed by atoms with E-state index in [1.54, 1.807) is 0 Å². The van der Waals surface area contributed by atoms with E-state index in [2.05, 4.69) is 96.4 Å². The summed E-state index contributed by atoms with van der Waals surface area (Å²) < 4.78 is 1.15. The van der Waals surface area contributed by atoms with Crippen LogP contribution in [0, 0.1) is 6.92 Å². The van der Waals surface area contributed by atoms with Gasteiger partial charge in [0.25, 0.3) is 0 Å². The van der Waals surface area contributed by atoms with Crippen LogP contribution in [-0.2, 0) is 0 Å². The summed E-state index contributed by atoms with van der Waals surface area (Å²) in [5, 5.41) is 3.45. The van der Waals surface area contributed by atoms with E-state index in [0.29, 0.717) is 6.04 Å². The summed E-state index contributed by atoms with van der Waals surface area (Å²) in [5.74, 6) is 0. The second-order valence-corrected chi connectivity index (χ2v) is 6.23. The second-order valence-electron chi connectivity index (χ2n) is 5.38. The van der Waals surface area contributed by atoms with Crippen LogP contribution in [-0.4, -0.2) is 13.6 Å². The van der Waals surface area contributed by atoms with Gasteiger partial charge in [-0.25, -0.2) is 0 Å². The van der Waals surface area contributed by atoms with Crippen LogP contribution in [0.2, 0.25) is 0 Å². The molecule has 2 aromatic rings. The third kappa shape index (κ3) is 3.86. The summed E-state index contributed by atoms with van der Waals surface area (Å²) in [4.78, 5) is 2.20. The molecule has 0 bridgehead atoms. The van der Waals surface area contributed by atoms with E-state index < -0.39 is 0 Å². The Labute approximate surface area is 136 Å². The van der Waals surface area contributed by atoms with Gasteiger partial charge in [0.15, 0.2) is 0 Å². The quantitative estimate of drug-likeness (QED) is 0.800. The van der Waals surface area contributed by atoms with E-state index in [1.807, 2.05) is 0 Å². The van der Waals surface area contributed by atoms with Gasteiger partial charge < -0.3 is 10.2 Å². The average molecular weight is 347 g/mol. The first-order chi connectivity index (χ1) is 10.0. The number of nitrogens with zero attached hydrogens (tertiary/aromatic N) is 1. The number of hydrogen-bond donors (Lipinski definition) is 1. The third-order valence-corrected chi connectivity index (χ3v) is 4.46. The highest BCUT2D eigenvalue weighted by molar-refractivity contribution is 9.10. The van der Waals surface area contributed by atoms with Crippen molar-refractivity contribution in [3.8, 4) is 0 Å². The predicted molar refractivity (Wildman–Crippen MR) is 95.5 cm³/mol. The van der Waals surface area contributed by atoms with Crippen LogP contribution < -0.4 is 10.2 Å². The normalized spacial score (nSPS) is 12.2. The van der Waals surface area contributed by atoms with Crippen LogP contribution >= 0.6 is 15.9 Å². The monoisotopic (exact) mass is 346 g/mol. The number of rotatable bonds is 5. The van der Waals surface area contributed by atoms with E-state index in [-0.39, 0.29) is 0 Å². The maximum Gasteiger partial charge on any atom is 0.0419 e. The molecule has 2 aromatic carbocycles. The topological polar surface area (TPSA) is 15.3 Å². The van der Waals surface area contributed by atoms with Crippen molar-refractivity contribution in [3.63, 3.8) is 0 Å². The Morgan fingerprint density at radius 2 is 1.71 bits per heavy atom. The smallest absolute Gasteiger partial charge is 0.0419 e. The Morgan fingerprint density at radius 3 is 2.29 bits per heavy atom. The van der Waals surface area contributed by atoms with Crippen molar-refractivity contribution >= 4 is 27.3 Å². The van der Waals surface area contributed by atoms with Gasteiger partial charge in [-0.3, -0.25) is 0 Å². The van der Waals surface area contributed by atoms with Crippen molar-refractivity contribution in [2.24, 2.45) is 0 Å². The SMILES string of the molecule is CCNC(C)c1ccc(N(C)c2ccc(C)cc2)cc1Br. The molecule has 1 N–H and O–H groups in total. The first-order valence-corrected chi connectivity index (χ1v) is 8.15. The minimum Gasteiger partial charge on any atom is -0.345 e. The summed E-state index contributed by atoms with van der Waals surface area (Å²) in [5.41, 5.74) is 4.94. The first-order valence-electron chi connectivity index (χ1n) is 7.36. The standard InChI is InChI=1S/C18H23BrN2/c1-5-20-14(3)17-11-10-16(12-18(17)19)21(4)15-8-6-13(2)7-9-15/h6-12,14,20H,5H2,1-4H3. The number of anilines is 2. The molecule has 0 aliphatic heterocycles. The lowest BCUT2D eigenvalue weighted by molar-refractivity contribution is 0.596. The summed E-state index contributed by atoms with van der Waals surface area (Å²) in [6, 6.07) is 15.5. The molecule has 0 aliphatic rings. The molecule has 2 nitrogen and oxygen atoms in total. The van der Waals surface area contributed by atoms with Crippen molar-refractivity contribution < 1.29 is 0 Å². The van der Waals surface area contributed by atoms with Gasteiger partial charge in [-0.15, -0.1) is 0 Å².